The molecule has 0 bridgehead atoms. The molecule has 2 aromatic carbocycles. The third kappa shape index (κ3) is 4.30. The molecule has 4 nitrogen and oxygen atoms in total. The Morgan fingerprint density at radius 1 is 0.826 bits per heavy atom. The van der Waals surface area contributed by atoms with Gasteiger partial charge in [-0.05, 0) is 24.0 Å². The molecule has 3 N–H and O–H groups in total. The van der Waals surface area contributed by atoms with Crippen LogP contribution in [-0.4, -0.2) is 9.97 Å². The number of nitrogens with two attached hydrogens (primary N) is 1. The maximum atomic E-state index is 5.74. The van der Waals surface area contributed by atoms with Crippen LogP contribution in [0.15, 0.2) is 66.9 Å². The van der Waals surface area contributed by atoms with Gasteiger partial charge in [0.1, 0.15) is 5.82 Å². The summed E-state index contributed by atoms with van der Waals surface area (Å²) in [5.74, 6) is 1.11. The van der Waals surface area contributed by atoms with Gasteiger partial charge in [-0.1, -0.05) is 60.7 Å². The summed E-state index contributed by atoms with van der Waals surface area (Å²) in [5.41, 5.74) is 9.34. The van der Waals surface area contributed by atoms with Crippen LogP contribution < -0.4 is 11.1 Å². The molecule has 0 aliphatic rings. The average Bonchev–Trinajstić information content (AvgIpc) is 2.61. The van der Waals surface area contributed by atoms with Crippen LogP contribution in [0.4, 0.5) is 11.8 Å². The van der Waals surface area contributed by atoms with E-state index in [-0.39, 0.29) is 0 Å². The second-order valence-corrected chi connectivity index (χ2v) is 5.43. The molecule has 1 heterocycles. The lowest BCUT2D eigenvalue weighted by atomic mass is 10.1. The molecule has 3 rings (SSSR count). The van der Waals surface area contributed by atoms with Gasteiger partial charge in [0.25, 0.3) is 0 Å². The first kappa shape index (κ1) is 15.0. The number of nitrogen functional groups attached to an aromatic ring is 1. The summed E-state index contributed by atoms with van der Waals surface area (Å²) in [6, 6.07) is 20.7. The van der Waals surface area contributed by atoms with E-state index in [0.717, 1.165) is 30.8 Å². The molecule has 4 heteroatoms. The predicted octanol–water partition coefficient (Wildman–Crippen LogP) is 3.46. The van der Waals surface area contributed by atoms with Crippen molar-refractivity contribution in [2.24, 2.45) is 0 Å². The highest BCUT2D eigenvalue weighted by Gasteiger charge is 2.06. The van der Waals surface area contributed by atoms with Gasteiger partial charge in [-0.15, -0.1) is 0 Å². The highest BCUT2D eigenvalue weighted by Crippen LogP contribution is 2.17. The van der Waals surface area contributed by atoms with Crippen molar-refractivity contribution in [1.29, 1.82) is 0 Å². The molecule has 0 amide bonds. The molecule has 116 valence electrons. The van der Waals surface area contributed by atoms with E-state index in [2.05, 4.69) is 51.7 Å². The van der Waals surface area contributed by atoms with Gasteiger partial charge in [0.2, 0.25) is 5.95 Å². The van der Waals surface area contributed by atoms with Crippen molar-refractivity contribution in [1.82, 2.24) is 9.97 Å². The Morgan fingerprint density at radius 2 is 1.48 bits per heavy atom. The molecule has 1 aromatic heterocycles. The third-order valence-corrected chi connectivity index (χ3v) is 3.71. The minimum atomic E-state index is 0.295. The maximum absolute atomic E-state index is 5.74. The number of hydrogen-bond donors (Lipinski definition) is 2. The topological polar surface area (TPSA) is 63.8 Å². The zero-order chi connectivity index (χ0) is 15.9. The first-order chi connectivity index (χ1) is 11.3. The quantitative estimate of drug-likeness (QED) is 0.732. The molecule has 0 atom stereocenters. The van der Waals surface area contributed by atoms with Crippen molar-refractivity contribution < 1.29 is 0 Å². The molecular weight excluding hydrogens is 284 g/mol. The first-order valence-corrected chi connectivity index (χ1v) is 7.74. The fourth-order valence-electron chi connectivity index (χ4n) is 2.46. The predicted molar refractivity (Wildman–Crippen MR) is 94.1 cm³/mol. The monoisotopic (exact) mass is 304 g/mol. The molecular formula is C19H20N4. The Kier molecular flexibility index (Phi) is 4.84. The highest BCUT2D eigenvalue weighted by atomic mass is 15.1. The Bertz CT molecular complexity index is 742. The number of benzene rings is 2. The van der Waals surface area contributed by atoms with E-state index in [1.54, 1.807) is 0 Å². The lowest BCUT2D eigenvalue weighted by molar-refractivity contribution is 0.929. The van der Waals surface area contributed by atoms with Crippen molar-refractivity contribution in [2.75, 3.05) is 11.1 Å². The number of nitrogens with zero attached hydrogens (tertiary/aromatic N) is 2. The maximum Gasteiger partial charge on any atom is 0.221 e. The normalized spacial score (nSPS) is 10.4. The van der Waals surface area contributed by atoms with E-state index in [1.165, 1.54) is 11.1 Å². The van der Waals surface area contributed by atoms with Crippen LogP contribution in [0.1, 0.15) is 16.7 Å². The Balaban J connectivity index is 1.70. The minimum absolute atomic E-state index is 0.295. The van der Waals surface area contributed by atoms with Gasteiger partial charge in [0.15, 0.2) is 0 Å². The van der Waals surface area contributed by atoms with Crippen molar-refractivity contribution in [2.45, 2.75) is 19.4 Å². The van der Waals surface area contributed by atoms with Crippen LogP contribution in [0.3, 0.4) is 0 Å². The van der Waals surface area contributed by atoms with E-state index in [9.17, 15) is 0 Å². The number of hydrogen-bond acceptors (Lipinski definition) is 4. The summed E-state index contributed by atoms with van der Waals surface area (Å²) >= 11 is 0. The fraction of sp³-hybridized carbons (Fsp3) is 0.158. The van der Waals surface area contributed by atoms with E-state index in [4.69, 9.17) is 5.73 Å². The van der Waals surface area contributed by atoms with Crippen LogP contribution in [0.5, 0.6) is 0 Å². The lowest BCUT2D eigenvalue weighted by Crippen LogP contribution is -2.08. The number of aromatic nitrogens is 2. The summed E-state index contributed by atoms with van der Waals surface area (Å²) in [7, 11) is 0. The van der Waals surface area contributed by atoms with Gasteiger partial charge >= 0.3 is 0 Å². The third-order valence-electron chi connectivity index (χ3n) is 3.71. The van der Waals surface area contributed by atoms with E-state index in [0.29, 0.717) is 5.95 Å². The average molecular weight is 304 g/mol. The zero-order valence-corrected chi connectivity index (χ0v) is 12.9. The molecule has 0 fully saturated rings. The second-order valence-electron chi connectivity index (χ2n) is 5.43. The smallest absolute Gasteiger partial charge is 0.221 e. The number of rotatable bonds is 6. The van der Waals surface area contributed by atoms with Crippen LogP contribution in [0.2, 0.25) is 0 Å². The van der Waals surface area contributed by atoms with Gasteiger partial charge in [-0.25, -0.2) is 4.98 Å². The Hall–Kier alpha value is -2.88. The molecule has 0 saturated carbocycles. The molecule has 23 heavy (non-hydrogen) atoms. The first-order valence-electron chi connectivity index (χ1n) is 7.74. The van der Waals surface area contributed by atoms with Gasteiger partial charge in [0.05, 0.1) is 0 Å². The summed E-state index contributed by atoms with van der Waals surface area (Å²) in [4.78, 5) is 8.49. The molecule has 0 aliphatic carbocycles. The summed E-state index contributed by atoms with van der Waals surface area (Å²) < 4.78 is 0. The van der Waals surface area contributed by atoms with E-state index < -0.39 is 0 Å². The van der Waals surface area contributed by atoms with E-state index in [1.807, 2.05) is 30.5 Å². The summed E-state index contributed by atoms with van der Waals surface area (Å²) in [6.07, 6.45) is 3.65. The standard InChI is InChI=1S/C19H20N4/c20-19-22-14-17(12-11-15-7-3-1-4-8-15)18(23-19)21-13-16-9-5-2-6-10-16/h1-10,14H,11-13H2,(H3,20,21,22,23). The van der Waals surface area contributed by atoms with Crippen molar-refractivity contribution >= 4 is 11.8 Å². The van der Waals surface area contributed by atoms with Crippen molar-refractivity contribution in [3.05, 3.63) is 83.6 Å². The largest absolute Gasteiger partial charge is 0.368 e. The number of nitrogens with one attached hydrogen (secondary N) is 1. The van der Waals surface area contributed by atoms with Gasteiger partial charge in [-0.2, -0.15) is 4.98 Å². The second kappa shape index (κ2) is 7.40. The number of aryl methyl sites for hydroxylation is 2. The van der Waals surface area contributed by atoms with Crippen molar-refractivity contribution in [3.63, 3.8) is 0 Å². The molecule has 0 unspecified atom stereocenters. The number of anilines is 2. The lowest BCUT2D eigenvalue weighted by Gasteiger charge is -2.11. The molecule has 0 radical (unpaired) electrons. The van der Waals surface area contributed by atoms with Gasteiger partial charge < -0.3 is 11.1 Å². The van der Waals surface area contributed by atoms with Crippen molar-refractivity contribution in [3.8, 4) is 0 Å². The highest BCUT2D eigenvalue weighted by molar-refractivity contribution is 5.47. The van der Waals surface area contributed by atoms with E-state index >= 15 is 0 Å². The Morgan fingerprint density at radius 3 is 2.17 bits per heavy atom. The van der Waals surface area contributed by atoms with Gasteiger partial charge in [-0.3, -0.25) is 0 Å². The minimum Gasteiger partial charge on any atom is -0.368 e. The molecule has 0 aliphatic heterocycles. The summed E-state index contributed by atoms with van der Waals surface area (Å²) in [5, 5.41) is 3.38. The van der Waals surface area contributed by atoms with Crippen LogP contribution in [-0.2, 0) is 19.4 Å². The van der Waals surface area contributed by atoms with Crippen LogP contribution in [0, 0.1) is 0 Å². The fourth-order valence-corrected chi connectivity index (χ4v) is 2.46. The molecule has 3 aromatic rings. The van der Waals surface area contributed by atoms with Crippen LogP contribution >= 0.6 is 0 Å². The zero-order valence-electron chi connectivity index (χ0n) is 12.9. The molecule has 0 spiro atoms. The summed E-state index contributed by atoms with van der Waals surface area (Å²) in [6.45, 7) is 0.718. The molecule has 0 saturated heterocycles. The SMILES string of the molecule is Nc1ncc(CCc2ccccc2)c(NCc2ccccc2)n1. The van der Waals surface area contributed by atoms with Gasteiger partial charge in [0, 0.05) is 18.3 Å². The van der Waals surface area contributed by atoms with Crippen LogP contribution in [0.25, 0.3) is 0 Å². The Labute approximate surface area is 136 Å².